The molecule has 2 aromatic heterocycles. The first-order chi connectivity index (χ1) is 14.5. The number of aliphatic hydroxyl groups excluding tert-OH is 3. The lowest BCUT2D eigenvalue weighted by Gasteiger charge is -2.16. The second kappa shape index (κ2) is 8.08. The zero-order chi connectivity index (χ0) is 21.3. The number of nitro benzene ring substituents is 1. The molecular formula is C17H17N7O6. The molecule has 4 atom stereocenters. The van der Waals surface area contributed by atoms with Crippen molar-refractivity contribution < 1.29 is 25.0 Å². The third-order valence-corrected chi connectivity index (χ3v) is 4.62. The Balaban J connectivity index is 1.57. The molecule has 13 nitrogen and oxygen atoms in total. The highest BCUT2D eigenvalue weighted by Crippen LogP contribution is 2.32. The molecule has 0 aliphatic carbocycles. The van der Waals surface area contributed by atoms with Gasteiger partial charge in [-0.2, -0.15) is 5.10 Å². The van der Waals surface area contributed by atoms with E-state index in [1.54, 1.807) is 12.1 Å². The van der Waals surface area contributed by atoms with E-state index in [-0.39, 0.29) is 11.5 Å². The molecule has 156 valence electrons. The zero-order valence-electron chi connectivity index (χ0n) is 15.3. The minimum Gasteiger partial charge on any atom is -0.394 e. The highest BCUT2D eigenvalue weighted by Gasteiger charge is 2.44. The smallest absolute Gasteiger partial charge is 0.270 e. The first-order valence-electron chi connectivity index (χ1n) is 8.83. The Labute approximate surface area is 168 Å². The van der Waals surface area contributed by atoms with Gasteiger partial charge in [0.05, 0.1) is 24.1 Å². The number of rotatable bonds is 6. The van der Waals surface area contributed by atoms with Gasteiger partial charge in [-0.3, -0.25) is 20.1 Å². The second-order valence-electron chi connectivity index (χ2n) is 6.50. The molecule has 1 aromatic carbocycles. The monoisotopic (exact) mass is 415 g/mol. The Kier molecular flexibility index (Phi) is 5.33. The van der Waals surface area contributed by atoms with E-state index in [2.05, 4.69) is 25.5 Å². The minimum absolute atomic E-state index is 0.0550. The number of imidazole rings is 1. The van der Waals surface area contributed by atoms with Crippen LogP contribution in [0.5, 0.6) is 0 Å². The number of ether oxygens (including phenoxy) is 1. The van der Waals surface area contributed by atoms with E-state index in [1.165, 1.54) is 35.6 Å². The Hall–Kier alpha value is -3.52. The molecule has 30 heavy (non-hydrogen) atoms. The molecule has 13 heteroatoms. The van der Waals surface area contributed by atoms with E-state index in [4.69, 9.17) is 4.74 Å². The number of anilines is 1. The molecule has 1 saturated heterocycles. The summed E-state index contributed by atoms with van der Waals surface area (Å²) in [6.45, 7) is -0.449. The summed E-state index contributed by atoms with van der Waals surface area (Å²) in [6, 6.07) is 5.95. The van der Waals surface area contributed by atoms with Gasteiger partial charge in [0.25, 0.3) is 5.69 Å². The Morgan fingerprint density at radius 3 is 2.87 bits per heavy atom. The quantitative estimate of drug-likeness (QED) is 0.239. The highest BCUT2D eigenvalue weighted by atomic mass is 16.6. The fourth-order valence-corrected chi connectivity index (χ4v) is 3.12. The van der Waals surface area contributed by atoms with Crippen molar-refractivity contribution in [1.82, 2.24) is 19.5 Å². The van der Waals surface area contributed by atoms with Crippen LogP contribution in [0, 0.1) is 10.1 Å². The molecule has 1 fully saturated rings. The first kappa shape index (κ1) is 19.8. The van der Waals surface area contributed by atoms with E-state index in [9.17, 15) is 25.4 Å². The van der Waals surface area contributed by atoms with Crippen molar-refractivity contribution in [1.29, 1.82) is 0 Å². The van der Waals surface area contributed by atoms with Crippen molar-refractivity contribution in [3.8, 4) is 0 Å². The molecule has 0 bridgehead atoms. The molecule has 3 heterocycles. The summed E-state index contributed by atoms with van der Waals surface area (Å²) < 4.78 is 6.93. The fraction of sp³-hybridized carbons (Fsp3) is 0.294. The largest absolute Gasteiger partial charge is 0.394 e. The lowest BCUT2D eigenvalue weighted by molar-refractivity contribution is -0.384. The van der Waals surface area contributed by atoms with Crippen molar-refractivity contribution >= 4 is 28.9 Å². The lowest BCUT2D eigenvalue weighted by atomic mass is 10.1. The van der Waals surface area contributed by atoms with Crippen LogP contribution in [-0.2, 0) is 4.74 Å². The highest BCUT2D eigenvalue weighted by molar-refractivity contribution is 5.85. The number of hydrogen-bond acceptors (Lipinski definition) is 11. The lowest BCUT2D eigenvalue weighted by Crippen LogP contribution is -2.33. The molecular weight excluding hydrogens is 398 g/mol. The fourth-order valence-electron chi connectivity index (χ4n) is 3.12. The topological polar surface area (TPSA) is 181 Å². The molecule has 0 radical (unpaired) electrons. The number of nitrogens with one attached hydrogen (secondary N) is 1. The van der Waals surface area contributed by atoms with Crippen LogP contribution in [-0.4, -0.2) is 70.9 Å². The van der Waals surface area contributed by atoms with Crippen LogP contribution in [0.1, 0.15) is 11.8 Å². The normalized spacial score (nSPS) is 24.0. The number of fused-ring (bicyclic) bond motifs is 1. The summed E-state index contributed by atoms with van der Waals surface area (Å²) in [4.78, 5) is 22.8. The second-order valence-corrected chi connectivity index (χ2v) is 6.50. The van der Waals surface area contributed by atoms with Gasteiger partial charge in [0.1, 0.15) is 24.6 Å². The zero-order valence-corrected chi connectivity index (χ0v) is 15.3. The molecule has 0 saturated carbocycles. The van der Waals surface area contributed by atoms with Gasteiger partial charge >= 0.3 is 0 Å². The number of benzene rings is 1. The summed E-state index contributed by atoms with van der Waals surface area (Å²) in [6.07, 6.45) is -0.430. The van der Waals surface area contributed by atoms with Gasteiger partial charge < -0.3 is 20.1 Å². The summed E-state index contributed by atoms with van der Waals surface area (Å²) in [5.74, 6) is 0.257. The predicted octanol–water partition coefficient (Wildman–Crippen LogP) is -0.208. The van der Waals surface area contributed by atoms with Crippen LogP contribution in [0.4, 0.5) is 11.5 Å². The van der Waals surface area contributed by atoms with Gasteiger partial charge in [0.15, 0.2) is 23.2 Å². The van der Waals surface area contributed by atoms with Gasteiger partial charge in [-0.05, 0) is 0 Å². The van der Waals surface area contributed by atoms with E-state index in [1.807, 2.05) is 0 Å². The van der Waals surface area contributed by atoms with Gasteiger partial charge in [-0.25, -0.2) is 15.0 Å². The maximum absolute atomic E-state index is 10.8. The number of hydrogen-bond donors (Lipinski definition) is 4. The van der Waals surface area contributed by atoms with Crippen molar-refractivity contribution in [2.24, 2.45) is 5.10 Å². The van der Waals surface area contributed by atoms with Crippen molar-refractivity contribution in [2.45, 2.75) is 24.5 Å². The number of aliphatic hydroxyl groups is 3. The Bertz CT molecular complexity index is 1100. The van der Waals surface area contributed by atoms with E-state index in [0.717, 1.165) is 0 Å². The van der Waals surface area contributed by atoms with Crippen LogP contribution < -0.4 is 5.43 Å². The number of non-ortho nitro benzene ring substituents is 1. The summed E-state index contributed by atoms with van der Waals surface area (Å²) in [5.41, 5.74) is 3.80. The molecule has 0 spiro atoms. The van der Waals surface area contributed by atoms with E-state index < -0.39 is 36.1 Å². The van der Waals surface area contributed by atoms with Gasteiger partial charge in [0, 0.05) is 17.7 Å². The van der Waals surface area contributed by atoms with Gasteiger partial charge in [-0.15, -0.1) is 0 Å². The number of hydrazone groups is 1. The maximum atomic E-state index is 10.8. The van der Waals surface area contributed by atoms with Crippen molar-refractivity contribution in [3.63, 3.8) is 0 Å². The Morgan fingerprint density at radius 1 is 1.30 bits per heavy atom. The third-order valence-electron chi connectivity index (χ3n) is 4.62. The third kappa shape index (κ3) is 3.57. The van der Waals surface area contributed by atoms with Gasteiger partial charge in [-0.1, -0.05) is 12.1 Å². The SMILES string of the molecule is O=[N+]([O-])c1cccc(/C=N/Nc2ncnc3c2ncn3[C@@H]2O[C@H](CO)[C@@H](O)[C@H]2O)c1. The number of nitrogens with zero attached hydrogens (tertiary/aromatic N) is 6. The molecule has 1 aliphatic rings. The van der Waals surface area contributed by atoms with Crippen LogP contribution in [0.25, 0.3) is 11.2 Å². The molecule has 1 aliphatic heterocycles. The molecule has 4 rings (SSSR count). The summed E-state index contributed by atoms with van der Waals surface area (Å²) in [5, 5.41) is 44.3. The van der Waals surface area contributed by atoms with Crippen LogP contribution in [0.2, 0.25) is 0 Å². The average Bonchev–Trinajstić information content (AvgIpc) is 3.30. The standard InChI is InChI=1S/C17H17N7O6/c25-6-11-13(26)14(27)17(30-11)23-8-20-12-15(18-7-19-16(12)23)22-21-5-9-2-1-3-10(4-9)24(28)29/h1-5,7-8,11,13-14,17,25-27H,6H2,(H,18,19,22)/b21-5+/t11-,13-,14-,17-/m1/s1. The average molecular weight is 415 g/mol. The molecule has 4 N–H and O–H groups in total. The van der Waals surface area contributed by atoms with Crippen LogP contribution >= 0.6 is 0 Å². The van der Waals surface area contributed by atoms with Crippen LogP contribution in [0.3, 0.4) is 0 Å². The molecule has 3 aromatic rings. The predicted molar refractivity (Wildman–Crippen MR) is 103 cm³/mol. The van der Waals surface area contributed by atoms with Crippen molar-refractivity contribution in [3.05, 3.63) is 52.6 Å². The number of nitro groups is 1. The minimum atomic E-state index is -1.28. The first-order valence-corrected chi connectivity index (χ1v) is 8.83. The molecule has 0 unspecified atom stereocenters. The molecule has 0 amide bonds. The summed E-state index contributed by atoms with van der Waals surface area (Å²) in [7, 11) is 0. The van der Waals surface area contributed by atoms with Gasteiger partial charge in [0.2, 0.25) is 0 Å². The Morgan fingerprint density at radius 2 is 2.13 bits per heavy atom. The number of aromatic nitrogens is 4. The van der Waals surface area contributed by atoms with E-state index >= 15 is 0 Å². The van der Waals surface area contributed by atoms with Crippen LogP contribution in [0.15, 0.2) is 42.0 Å². The van der Waals surface area contributed by atoms with Crippen molar-refractivity contribution in [2.75, 3.05) is 12.0 Å². The maximum Gasteiger partial charge on any atom is 0.270 e. The van der Waals surface area contributed by atoms with E-state index in [0.29, 0.717) is 16.7 Å². The summed E-state index contributed by atoms with van der Waals surface area (Å²) >= 11 is 0.